The van der Waals surface area contributed by atoms with Gasteiger partial charge in [0.05, 0.1) is 12.0 Å². The van der Waals surface area contributed by atoms with E-state index in [4.69, 9.17) is 4.74 Å². The molecule has 2 atom stereocenters. The van der Waals surface area contributed by atoms with Crippen LogP contribution in [0.15, 0.2) is 24.3 Å². The molecule has 2 amide bonds. The van der Waals surface area contributed by atoms with Gasteiger partial charge in [-0.25, -0.2) is 0 Å². The predicted molar refractivity (Wildman–Crippen MR) is 108 cm³/mol. The second kappa shape index (κ2) is 9.24. The molecule has 7 nitrogen and oxygen atoms in total. The Morgan fingerprint density at radius 1 is 1.21 bits per heavy atom. The molecule has 3 aliphatic rings. The molecule has 2 unspecified atom stereocenters. The Kier molecular flexibility index (Phi) is 6.47. The standard InChI is InChI=1S/C22H31N3O4/c26-20(14-24-8-5-16-3-1-2-4-17(16)12-24)15-25-13-18(11-21(25)27)22(28)23-19-6-9-29-10-7-19/h1-4,18-20,26H,5-15H2,(H,23,28). The second-order valence-electron chi connectivity index (χ2n) is 8.50. The van der Waals surface area contributed by atoms with Crippen LogP contribution in [0.2, 0.25) is 0 Å². The smallest absolute Gasteiger partial charge is 0.225 e. The molecule has 2 saturated heterocycles. The number of benzene rings is 1. The van der Waals surface area contributed by atoms with Gasteiger partial charge in [0.1, 0.15) is 0 Å². The van der Waals surface area contributed by atoms with Gasteiger partial charge in [-0.3, -0.25) is 14.5 Å². The molecule has 158 valence electrons. The van der Waals surface area contributed by atoms with E-state index in [-0.39, 0.29) is 36.7 Å². The maximum atomic E-state index is 12.5. The number of hydrogen-bond donors (Lipinski definition) is 2. The summed E-state index contributed by atoms with van der Waals surface area (Å²) in [4.78, 5) is 28.8. The van der Waals surface area contributed by atoms with Crippen molar-refractivity contribution in [2.75, 3.05) is 39.4 Å². The number of aliphatic hydroxyl groups excluding tert-OH is 1. The third-order valence-corrected chi connectivity index (χ3v) is 6.26. The van der Waals surface area contributed by atoms with Crippen molar-refractivity contribution < 1.29 is 19.4 Å². The van der Waals surface area contributed by atoms with Crippen molar-refractivity contribution in [3.05, 3.63) is 35.4 Å². The first kappa shape index (κ1) is 20.3. The molecule has 2 fully saturated rings. The summed E-state index contributed by atoms with van der Waals surface area (Å²) >= 11 is 0. The zero-order valence-corrected chi connectivity index (χ0v) is 16.9. The van der Waals surface area contributed by atoms with Crippen molar-refractivity contribution >= 4 is 11.8 Å². The zero-order valence-electron chi connectivity index (χ0n) is 16.9. The lowest BCUT2D eigenvalue weighted by Gasteiger charge is -2.31. The van der Waals surface area contributed by atoms with Crippen molar-refractivity contribution in [1.82, 2.24) is 15.1 Å². The molecule has 29 heavy (non-hydrogen) atoms. The molecule has 3 aliphatic heterocycles. The predicted octanol–water partition coefficient (Wildman–Crippen LogP) is 0.549. The lowest BCUT2D eigenvalue weighted by atomic mass is 10.00. The molecular formula is C22H31N3O4. The first-order valence-electron chi connectivity index (χ1n) is 10.7. The molecule has 2 N–H and O–H groups in total. The van der Waals surface area contributed by atoms with Crippen LogP contribution in [-0.4, -0.2) is 78.3 Å². The Morgan fingerprint density at radius 2 is 1.97 bits per heavy atom. The van der Waals surface area contributed by atoms with E-state index < -0.39 is 6.10 Å². The highest BCUT2D eigenvalue weighted by molar-refractivity contribution is 5.89. The van der Waals surface area contributed by atoms with Crippen LogP contribution in [-0.2, 0) is 27.3 Å². The first-order chi connectivity index (χ1) is 14.1. The minimum absolute atomic E-state index is 0.0415. The summed E-state index contributed by atoms with van der Waals surface area (Å²) in [6.45, 7) is 4.32. The highest BCUT2D eigenvalue weighted by atomic mass is 16.5. The quantitative estimate of drug-likeness (QED) is 0.728. The number of amides is 2. The maximum Gasteiger partial charge on any atom is 0.225 e. The summed E-state index contributed by atoms with van der Waals surface area (Å²) in [6, 6.07) is 8.56. The third-order valence-electron chi connectivity index (χ3n) is 6.26. The molecule has 7 heteroatoms. The van der Waals surface area contributed by atoms with Crippen LogP contribution in [0, 0.1) is 5.92 Å². The maximum absolute atomic E-state index is 12.5. The van der Waals surface area contributed by atoms with Crippen molar-refractivity contribution in [2.45, 2.75) is 44.4 Å². The highest BCUT2D eigenvalue weighted by Gasteiger charge is 2.36. The minimum atomic E-state index is -0.610. The number of nitrogens with zero attached hydrogens (tertiary/aromatic N) is 2. The van der Waals surface area contributed by atoms with E-state index in [1.54, 1.807) is 4.90 Å². The number of fused-ring (bicyclic) bond motifs is 1. The SMILES string of the molecule is O=C(NC1CCOCC1)C1CC(=O)N(CC(O)CN2CCc3ccccc3C2)C1. The monoisotopic (exact) mass is 401 g/mol. The second-order valence-corrected chi connectivity index (χ2v) is 8.50. The van der Waals surface area contributed by atoms with Gasteiger partial charge in [0, 0.05) is 58.4 Å². The number of carbonyl (C=O) groups excluding carboxylic acids is 2. The van der Waals surface area contributed by atoms with Gasteiger partial charge < -0.3 is 20.1 Å². The van der Waals surface area contributed by atoms with Crippen LogP contribution in [0.25, 0.3) is 0 Å². The molecule has 0 spiro atoms. The average molecular weight is 402 g/mol. The average Bonchev–Trinajstić information content (AvgIpc) is 3.09. The van der Waals surface area contributed by atoms with Gasteiger partial charge in [0.15, 0.2) is 0 Å². The Morgan fingerprint density at radius 3 is 2.76 bits per heavy atom. The Hall–Kier alpha value is -1.96. The molecule has 3 heterocycles. The van der Waals surface area contributed by atoms with Crippen LogP contribution in [0.5, 0.6) is 0 Å². The highest BCUT2D eigenvalue weighted by Crippen LogP contribution is 2.21. The number of β-amino-alcohol motifs (C(OH)–C–C–N with tert-alkyl or cyclic N) is 1. The van der Waals surface area contributed by atoms with Gasteiger partial charge in [-0.2, -0.15) is 0 Å². The largest absolute Gasteiger partial charge is 0.390 e. The summed E-state index contributed by atoms with van der Waals surface area (Å²) in [5.41, 5.74) is 2.69. The van der Waals surface area contributed by atoms with Gasteiger partial charge in [0.2, 0.25) is 11.8 Å². The lowest BCUT2D eigenvalue weighted by Crippen LogP contribution is -2.44. The van der Waals surface area contributed by atoms with Crippen molar-refractivity contribution in [2.24, 2.45) is 5.92 Å². The Labute approximate surface area is 172 Å². The summed E-state index contributed by atoms with van der Waals surface area (Å²) < 4.78 is 5.32. The number of aliphatic hydroxyl groups is 1. The number of carbonyl (C=O) groups is 2. The molecule has 0 radical (unpaired) electrons. The van der Waals surface area contributed by atoms with Crippen molar-refractivity contribution in [1.29, 1.82) is 0 Å². The molecule has 1 aromatic rings. The molecule has 0 bridgehead atoms. The number of rotatable bonds is 6. The Bertz CT molecular complexity index is 735. The normalized spacial score (nSPS) is 24.4. The van der Waals surface area contributed by atoms with E-state index in [0.29, 0.717) is 26.3 Å². The van der Waals surface area contributed by atoms with E-state index in [1.165, 1.54) is 11.1 Å². The van der Waals surface area contributed by atoms with Crippen molar-refractivity contribution in [3.63, 3.8) is 0 Å². The molecule has 0 aliphatic carbocycles. The van der Waals surface area contributed by atoms with Gasteiger partial charge in [0.25, 0.3) is 0 Å². The lowest BCUT2D eigenvalue weighted by molar-refractivity contribution is -0.130. The molecule has 1 aromatic carbocycles. The van der Waals surface area contributed by atoms with Crippen LogP contribution in [0.3, 0.4) is 0 Å². The van der Waals surface area contributed by atoms with Crippen LogP contribution >= 0.6 is 0 Å². The zero-order chi connectivity index (χ0) is 20.2. The Balaban J connectivity index is 1.24. The number of ether oxygens (including phenoxy) is 1. The fourth-order valence-corrected chi connectivity index (χ4v) is 4.61. The number of hydrogen-bond acceptors (Lipinski definition) is 5. The summed E-state index contributed by atoms with van der Waals surface area (Å²) in [6.07, 6.45) is 2.27. The first-order valence-corrected chi connectivity index (χ1v) is 10.7. The van der Waals surface area contributed by atoms with Gasteiger partial charge in [-0.15, -0.1) is 0 Å². The van der Waals surface area contributed by atoms with Crippen LogP contribution < -0.4 is 5.32 Å². The van der Waals surface area contributed by atoms with Crippen molar-refractivity contribution in [3.8, 4) is 0 Å². The molecule has 0 aromatic heterocycles. The fourth-order valence-electron chi connectivity index (χ4n) is 4.61. The van der Waals surface area contributed by atoms with Crippen LogP contribution in [0.1, 0.15) is 30.4 Å². The number of nitrogens with one attached hydrogen (secondary N) is 1. The van der Waals surface area contributed by atoms with Crippen LogP contribution in [0.4, 0.5) is 0 Å². The van der Waals surface area contributed by atoms with E-state index >= 15 is 0 Å². The number of likely N-dealkylation sites (tertiary alicyclic amines) is 1. The molecule has 0 saturated carbocycles. The molecular weight excluding hydrogens is 370 g/mol. The van der Waals surface area contributed by atoms with E-state index in [1.807, 2.05) is 6.07 Å². The van der Waals surface area contributed by atoms with Gasteiger partial charge >= 0.3 is 0 Å². The minimum Gasteiger partial charge on any atom is -0.390 e. The van der Waals surface area contributed by atoms with E-state index in [0.717, 1.165) is 32.4 Å². The topological polar surface area (TPSA) is 82.1 Å². The van der Waals surface area contributed by atoms with Gasteiger partial charge in [-0.05, 0) is 30.4 Å². The fraction of sp³-hybridized carbons (Fsp3) is 0.636. The van der Waals surface area contributed by atoms with E-state index in [9.17, 15) is 14.7 Å². The van der Waals surface area contributed by atoms with E-state index in [2.05, 4.69) is 28.4 Å². The summed E-state index contributed by atoms with van der Waals surface area (Å²) in [7, 11) is 0. The third kappa shape index (κ3) is 5.15. The summed E-state index contributed by atoms with van der Waals surface area (Å²) in [5.74, 6) is -0.408. The molecule has 4 rings (SSSR count). The summed E-state index contributed by atoms with van der Waals surface area (Å²) in [5, 5.41) is 13.6. The van der Waals surface area contributed by atoms with Gasteiger partial charge in [-0.1, -0.05) is 24.3 Å².